The minimum atomic E-state index is -0.803. The number of benzene rings is 2. The van der Waals surface area contributed by atoms with Crippen LogP contribution in [-0.2, 0) is 14.3 Å². The second kappa shape index (κ2) is 10.7. The number of aliphatic carboxylic acids is 1. The molecule has 3 atom stereocenters. The average Bonchev–Trinajstić information content (AvgIpc) is 3.16. The molecule has 0 radical (unpaired) electrons. The normalized spacial score (nSPS) is 20.0. The van der Waals surface area contributed by atoms with E-state index in [2.05, 4.69) is 34.9 Å². The van der Waals surface area contributed by atoms with Crippen LogP contribution in [-0.4, -0.2) is 41.8 Å². The Bertz CT molecular complexity index is 1010. The van der Waals surface area contributed by atoms with Gasteiger partial charge >= 0.3 is 12.1 Å². The maximum absolute atomic E-state index is 12.6. The Labute approximate surface area is 199 Å². The molecule has 2 aromatic rings. The molecule has 0 aliphatic heterocycles. The van der Waals surface area contributed by atoms with Crippen molar-refractivity contribution in [2.75, 3.05) is 6.61 Å². The molecule has 7 nitrogen and oxygen atoms in total. The number of fused-ring (bicyclic) bond motifs is 3. The maximum Gasteiger partial charge on any atom is 0.407 e. The summed E-state index contributed by atoms with van der Waals surface area (Å²) >= 11 is 0. The summed E-state index contributed by atoms with van der Waals surface area (Å²) in [5.74, 6) is -1.40. The Morgan fingerprint density at radius 3 is 2.29 bits per heavy atom. The van der Waals surface area contributed by atoms with Gasteiger partial charge in [0.05, 0.1) is 5.92 Å². The van der Waals surface area contributed by atoms with Gasteiger partial charge in [0.2, 0.25) is 5.91 Å². The number of carbonyl (C=O) groups excluding carboxylic acids is 2. The van der Waals surface area contributed by atoms with E-state index < -0.39 is 18.0 Å². The van der Waals surface area contributed by atoms with Crippen molar-refractivity contribution in [3.63, 3.8) is 0 Å². The number of rotatable bonds is 8. The van der Waals surface area contributed by atoms with Gasteiger partial charge in [0.15, 0.2) is 0 Å². The van der Waals surface area contributed by atoms with Crippen LogP contribution < -0.4 is 10.6 Å². The van der Waals surface area contributed by atoms with Crippen LogP contribution >= 0.6 is 0 Å². The molecule has 34 heavy (non-hydrogen) atoms. The van der Waals surface area contributed by atoms with Crippen LogP contribution in [0.3, 0.4) is 0 Å². The van der Waals surface area contributed by atoms with E-state index in [1.807, 2.05) is 31.2 Å². The molecule has 0 heterocycles. The summed E-state index contributed by atoms with van der Waals surface area (Å²) in [5, 5.41) is 15.0. The topological polar surface area (TPSA) is 105 Å². The number of hydrogen-bond donors (Lipinski definition) is 3. The first-order valence-electron chi connectivity index (χ1n) is 12.1. The van der Waals surface area contributed by atoms with Crippen LogP contribution in [0.2, 0.25) is 0 Å². The highest BCUT2D eigenvalue weighted by atomic mass is 16.5. The van der Waals surface area contributed by atoms with Gasteiger partial charge in [0.1, 0.15) is 6.61 Å². The SMILES string of the molecule is CC[C@H](CC(=O)NC1CCCC(C(=O)O)C1)NC(=O)OCC1c2ccccc2-c2ccccc21. The Hall–Kier alpha value is -3.35. The number of ether oxygens (including phenoxy) is 1. The van der Waals surface area contributed by atoms with Gasteiger partial charge in [0, 0.05) is 24.4 Å². The van der Waals surface area contributed by atoms with E-state index in [4.69, 9.17) is 4.74 Å². The van der Waals surface area contributed by atoms with Crippen molar-refractivity contribution >= 4 is 18.0 Å². The van der Waals surface area contributed by atoms with Crippen molar-refractivity contribution in [1.82, 2.24) is 10.6 Å². The monoisotopic (exact) mass is 464 g/mol. The number of nitrogens with one attached hydrogen (secondary N) is 2. The molecule has 0 spiro atoms. The molecule has 3 N–H and O–H groups in total. The summed E-state index contributed by atoms with van der Waals surface area (Å²) in [6.45, 7) is 2.13. The van der Waals surface area contributed by atoms with Crippen LogP contribution in [0.15, 0.2) is 48.5 Å². The van der Waals surface area contributed by atoms with Crippen LogP contribution in [0, 0.1) is 5.92 Å². The van der Waals surface area contributed by atoms with Crippen LogP contribution in [0.5, 0.6) is 0 Å². The summed E-state index contributed by atoms with van der Waals surface area (Å²) in [6.07, 6.45) is 2.86. The first-order chi connectivity index (χ1) is 16.5. The van der Waals surface area contributed by atoms with Crippen molar-refractivity contribution in [2.24, 2.45) is 5.92 Å². The van der Waals surface area contributed by atoms with E-state index in [9.17, 15) is 19.5 Å². The number of hydrogen-bond acceptors (Lipinski definition) is 4. The average molecular weight is 465 g/mol. The number of carboxylic acid groups (broad SMARTS) is 1. The maximum atomic E-state index is 12.6. The minimum Gasteiger partial charge on any atom is -0.481 e. The first kappa shape index (κ1) is 23.8. The molecule has 2 aliphatic rings. The van der Waals surface area contributed by atoms with Gasteiger partial charge in [0.25, 0.3) is 0 Å². The van der Waals surface area contributed by atoms with E-state index >= 15 is 0 Å². The quantitative estimate of drug-likeness (QED) is 0.535. The highest BCUT2D eigenvalue weighted by Crippen LogP contribution is 2.44. The molecule has 0 aromatic heterocycles. The van der Waals surface area contributed by atoms with Crippen LogP contribution in [0.4, 0.5) is 4.79 Å². The summed E-state index contributed by atoms with van der Waals surface area (Å²) in [5.41, 5.74) is 4.64. The number of alkyl carbamates (subject to hydrolysis) is 1. The zero-order chi connectivity index (χ0) is 24.1. The lowest BCUT2D eigenvalue weighted by Gasteiger charge is -2.28. The molecule has 4 rings (SSSR count). The van der Waals surface area contributed by atoms with Crippen molar-refractivity contribution < 1.29 is 24.2 Å². The molecule has 1 fully saturated rings. The van der Waals surface area contributed by atoms with E-state index in [-0.39, 0.29) is 36.9 Å². The summed E-state index contributed by atoms with van der Waals surface area (Å²) in [6, 6.07) is 15.8. The minimum absolute atomic E-state index is 0.0185. The van der Waals surface area contributed by atoms with Gasteiger partial charge in [-0.1, -0.05) is 61.9 Å². The first-order valence-corrected chi connectivity index (χ1v) is 12.1. The third kappa shape index (κ3) is 5.41. The van der Waals surface area contributed by atoms with Crippen LogP contribution in [0.1, 0.15) is 62.5 Å². The molecule has 2 aromatic carbocycles. The predicted octanol–water partition coefficient (Wildman–Crippen LogP) is 4.45. The fraction of sp³-hybridized carbons (Fsp3) is 0.444. The molecular formula is C27H32N2O5. The lowest BCUT2D eigenvalue weighted by molar-refractivity contribution is -0.143. The summed E-state index contributed by atoms with van der Waals surface area (Å²) in [7, 11) is 0. The molecule has 1 saturated carbocycles. The molecule has 2 amide bonds. The smallest absolute Gasteiger partial charge is 0.407 e. The Morgan fingerprint density at radius 1 is 1.03 bits per heavy atom. The number of amides is 2. The van der Waals surface area contributed by atoms with Crippen molar-refractivity contribution in [1.29, 1.82) is 0 Å². The van der Waals surface area contributed by atoms with Crippen molar-refractivity contribution in [3.05, 3.63) is 59.7 Å². The van der Waals surface area contributed by atoms with Gasteiger partial charge in [-0.25, -0.2) is 4.79 Å². The largest absolute Gasteiger partial charge is 0.481 e. The zero-order valence-corrected chi connectivity index (χ0v) is 19.5. The van der Waals surface area contributed by atoms with E-state index in [1.54, 1.807) is 0 Å². The highest BCUT2D eigenvalue weighted by Gasteiger charge is 2.30. The Balaban J connectivity index is 1.28. The Morgan fingerprint density at radius 2 is 1.68 bits per heavy atom. The molecule has 180 valence electrons. The van der Waals surface area contributed by atoms with E-state index in [1.165, 1.54) is 11.1 Å². The molecular weight excluding hydrogens is 432 g/mol. The van der Waals surface area contributed by atoms with E-state index in [0.29, 0.717) is 19.3 Å². The number of carbonyl (C=O) groups is 3. The van der Waals surface area contributed by atoms with Gasteiger partial charge in [-0.15, -0.1) is 0 Å². The Kier molecular flexibility index (Phi) is 7.50. The van der Waals surface area contributed by atoms with Crippen molar-refractivity contribution in [3.8, 4) is 11.1 Å². The van der Waals surface area contributed by atoms with E-state index in [0.717, 1.165) is 24.0 Å². The third-order valence-corrected chi connectivity index (χ3v) is 6.98. The van der Waals surface area contributed by atoms with Gasteiger partial charge < -0.3 is 20.5 Å². The fourth-order valence-corrected chi connectivity index (χ4v) is 5.16. The molecule has 7 heteroatoms. The summed E-state index contributed by atoms with van der Waals surface area (Å²) in [4.78, 5) is 36.3. The third-order valence-electron chi connectivity index (χ3n) is 6.98. The predicted molar refractivity (Wildman–Crippen MR) is 128 cm³/mol. The van der Waals surface area contributed by atoms with Gasteiger partial charge in [-0.3, -0.25) is 9.59 Å². The van der Waals surface area contributed by atoms with Crippen LogP contribution in [0.25, 0.3) is 11.1 Å². The highest BCUT2D eigenvalue weighted by molar-refractivity contribution is 5.80. The molecule has 2 aliphatic carbocycles. The zero-order valence-electron chi connectivity index (χ0n) is 19.5. The fourth-order valence-electron chi connectivity index (χ4n) is 5.16. The lowest BCUT2D eigenvalue weighted by atomic mass is 9.85. The molecule has 0 bridgehead atoms. The molecule has 2 unspecified atom stereocenters. The lowest BCUT2D eigenvalue weighted by Crippen LogP contribution is -2.44. The molecule has 0 saturated heterocycles. The second-order valence-corrected chi connectivity index (χ2v) is 9.25. The standard InChI is InChI=1S/C27H32N2O5/c1-2-18(15-25(30)28-19-9-7-8-17(14-19)26(31)32)29-27(33)34-16-24-22-12-5-3-10-20(22)21-11-4-6-13-23(21)24/h3-6,10-13,17-19,24H,2,7-9,14-16H2,1H3,(H,28,30)(H,29,33)(H,31,32)/t17?,18-,19?/m1/s1. The van der Waals surface area contributed by atoms with Gasteiger partial charge in [-0.2, -0.15) is 0 Å². The van der Waals surface area contributed by atoms with Gasteiger partial charge in [-0.05, 0) is 47.9 Å². The number of carboxylic acids is 1. The second-order valence-electron chi connectivity index (χ2n) is 9.25. The summed E-state index contributed by atoms with van der Waals surface area (Å²) < 4.78 is 5.60. The van der Waals surface area contributed by atoms with Crippen molar-refractivity contribution in [2.45, 2.75) is 63.5 Å².